The lowest BCUT2D eigenvalue weighted by Crippen LogP contribution is -2.10. The highest BCUT2D eigenvalue weighted by Crippen LogP contribution is 2.41. The number of ketones is 1. The number of hydrogen-bond donors (Lipinski definition) is 0. The summed E-state index contributed by atoms with van der Waals surface area (Å²) in [6, 6.07) is 5.52. The van der Waals surface area contributed by atoms with Crippen LogP contribution in [-0.2, 0) is 6.42 Å². The van der Waals surface area contributed by atoms with Gasteiger partial charge in [0.1, 0.15) is 22.8 Å². The Morgan fingerprint density at radius 2 is 2.11 bits per heavy atom. The Bertz CT molecular complexity index is 1040. The molecule has 0 aromatic carbocycles. The maximum Gasteiger partial charge on any atom is 0.280 e. The van der Waals surface area contributed by atoms with Crippen LogP contribution in [0.25, 0.3) is 5.65 Å². The molecule has 0 spiro atoms. The molecule has 0 atom stereocenters. The molecule has 0 N–H and O–H groups in total. The fourth-order valence-electron chi connectivity index (χ4n) is 3.13. The molecule has 8 heteroatoms. The van der Waals surface area contributed by atoms with Crippen molar-refractivity contribution in [2.45, 2.75) is 38.5 Å². The monoisotopic (exact) mass is 389 g/mol. The largest absolute Gasteiger partial charge is 0.493 e. The van der Waals surface area contributed by atoms with E-state index >= 15 is 0 Å². The van der Waals surface area contributed by atoms with Gasteiger partial charge < -0.3 is 4.74 Å². The van der Waals surface area contributed by atoms with Crippen molar-refractivity contribution in [3.05, 3.63) is 59.1 Å². The molecule has 1 aliphatic rings. The molecular formula is C20H18F3N3O2. The number of rotatable bonds is 7. The number of halogens is 3. The Labute approximate surface area is 159 Å². The van der Waals surface area contributed by atoms with Crippen molar-refractivity contribution in [3.63, 3.8) is 0 Å². The number of carbonyl (C=O) groups is 1. The summed E-state index contributed by atoms with van der Waals surface area (Å²) in [6.45, 7) is 2.15. The molecule has 1 fully saturated rings. The Hall–Kier alpha value is -2.90. The van der Waals surface area contributed by atoms with E-state index in [1.54, 1.807) is 13.0 Å². The highest BCUT2D eigenvalue weighted by Gasteiger charge is 2.31. The van der Waals surface area contributed by atoms with Crippen LogP contribution >= 0.6 is 0 Å². The summed E-state index contributed by atoms with van der Waals surface area (Å²) in [4.78, 5) is 20.7. The second-order valence-electron chi connectivity index (χ2n) is 6.73. The number of nitrogens with zero attached hydrogens (tertiary/aromatic N) is 3. The molecule has 0 saturated heterocycles. The van der Waals surface area contributed by atoms with Gasteiger partial charge >= 0.3 is 0 Å². The average molecular weight is 389 g/mol. The van der Waals surface area contributed by atoms with E-state index in [-0.39, 0.29) is 18.0 Å². The normalized spacial score (nSPS) is 14.0. The predicted molar refractivity (Wildman–Crippen MR) is 95.5 cm³/mol. The number of fused-ring (bicyclic) bond motifs is 1. The van der Waals surface area contributed by atoms with E-state index < -0.39 is 23.9 Å². The summed E-state index contributed by atoms with van der Waals surface area (Å²) in [5.74, 6) is -0.333. The molecule has 1 saturated carbocycles. The molecule has 146 valence electrons. The maximum atomic E-state index is 14.7. The number of Topliss-reactive ketones (excluding diaryl/α,β-unsaturated/α-hetero) is 1. The lowest BCUT2D eigenvalue weighted by Gasteiger charge is -2.11. The maximum absolute atomic E-state index is 14.7. The van der Waals surface area contributed by atoms with Gasteiger partial charge in [0.15, 0.2) is 5.78 Å². The van der Waals surface area contributed by atoms with E-state index in [4.69, 9.17) is 4.74 Å². The van der Waals surface area contributed by atoms with Crippen molar-refractivity contribution in [2.24, 2.45) is 0 Å². The summed E-state index contributed by atoms with van der Waals surface area (Å²) < 4.78 is 47.3. The standard InChI is InChI=1S/C20H18F3N3O2/c1-2-28-16-9-17-25-18(11-6-7-11)20(23)26(17)10-12(16)8-15(27)13-4-3-5-14(24-13)19(21)22/h3-5,9-11,19H,2,6-8H2,1H3. The van der Waals surface area contributed by atoms with Crippen LogP contribution in [0.2, 0.25) is 0 Å². The third-order valence-corrected chi connectivity index (χ3v) is 4.66. The van der Waals surface area contributed by atoms with Crippen LogP contribution in [0, 0.1) is 5.95 Å². The highest BCUT2D eigenvalue weighted by atomic mass is 19.3. The van der Waals surface area contributed by atoms with Gasteiger partial charge in [-0.15, -0.1) is 0 Å². The van der Waals surface area contributed by atoms with E-state index in [0.717, 1.165) is 12.8 Å². The lowest BCUT2D eigenvalue weighted by molar-refractivity contribution is 0.0984. The van der Waals surface area contributed by atoms with Crippen molar-refractivity contribution in [3.8, 4) is 5.75 Å². The van der Waals surface area contributed by atoms with Crippen molar-refractivity contribution in [1.82, 2.24) is 14.4 Å². The minimum absolute atomic E-state index is 0.0647. The Morgan fingerprint density at radius 3 is 2.79 bits per heavy atom. The van der Waals surface area contributed by atoms with Crippen LogP contribution in [0.15, 0.2) is 30.5 Å². The minimum atomic E-state index is -2.76. The first-order valence-corrected chi connectivity index (χ1v) is 9.09. The summed E-state index contributed by atoms with van der Waals surface area (Å²) in [6.07, 6.45) is 0.404. The number of hydrogen-bond acceptors (Lipinski definition) is 4. The van der Waals surface area contributed by atoms with Gasteiger partial charge in [0.25, 0.3) is 6.43 Å². The van der Waals surface area contributed by atoms with Gasteiger partial charge in [0.05, 0.1) is 12.3 Å². The highest BCUT2D eigenvalue weighted by molar-refractivity contribution is 5.96. The molecule has 1 aliphatic carbocycles. The molecule has 0 bridgehead atoms. The summed E-state index contributed by atoms with van der Waals surface area (Å²) in [5.41, 5.74) is 0.766. The number of imidazole rings is 1. The van der Waals surface area contributed by atoms with Crippen LogP contribution in [0.1, 0.15) is 59.5 Å². The van der Waals surface area contributed by atoms with E-state index in [0.29, 0.717) is 29.3 Å². The molecule has 0 amide bonds. The van der Waals surface area contributed by atoms with Crippen LogP contribution in [-0.4, -0.2) is 26.8 Å². The molecule has 0 unspecified atom stereocenters. The summed E-state index contributed by atoms with van der Waals surface area (Å²) in [5, 5.41) is 0. The zero-order valence-corrected chi connectivity index (χ0v) is 15.2. The number of alkyl halides is 2. The topological polar surface area (TPSA) is 56.5 Å². The van der Waals surface area contributed by atoms with Gasteiger partial charge in [0, 0.05) is 30.2 Å². The number of pyridine rings is 2. The number of aromatic nitrogens is 3. The van der Waals surface area contributed by atoms with Crippen molar-refractivity contribution >= 4 is 11.4 Å². The van der Waals surface area contributed by atoms with Crippen LogP contribution in [0.3, 0.4) is 0 Å². The third-order valence-electron chi connectivity index (χ3n) is 4.66. The number of ether oxygens (including phenoxy) is 1. The Balaban J connectivity index is 1.70. The molecule has 3 aromatic rings. The van der Waals surface area contributed by atoms with Gasteiger partial charge in [-0.05, 0) is 31.9 Å². The predicted octanol–water partition coefficient (Wildman–Crippen LogP) is 4.51. The minimum Gasteiger partial charge on any atom is -0.493 e. The van der Waals surface area contributed by atoms with Crippen molar-refractivity contribution in [1.29, 1.82) is 0 Å². The van der Waals surface area contributed by atoms with Crippen LogP contribution in [0.5, 0.6) is 5.75 Å². The van der Waals surface area contributed by atoms with Crippen LogP contribution < -0.4 is 4.74 Å². The first kappa shape index (κ1) is 18.5. The number of carbonyl (C=O) groups excluding carboxylic acids is 1. The van der Waals surface area contributed by atoms with Crippen LogP contribution in [0.4, 0.5) is 13.2 Å². The van der Waals surface area contributed by atoms with Gasteiger partial charge in [-0.1, -0.05) is 6.07 Å². The van der Waals surface area contributed by atoms with E-state index in [1.807, 2.05) is 0 Å². The summed E-state index contributed by atoms with van der Waals surface area (Å²) >= 11 is 0. The van der Waals surface area contributed by atoms with Gasteiger partial charge in [-0.3, -0.25) is 9.20 Å². The fourth-order valence-corrected chi connectivity index (χ4v) is 3.13. The fraction of sp³-hybridized carbons (Fsp3) is 0.350. The second-order valence-corrected chi connectivity index (χ2v) is 6.73. The van der Waals surface area contributed by atoms with E-state index in [9.17, 15) is 18.0 Å². The molecule has 28 heavy (non-hydrogen) atoms. The Morgan fingerprint density at radius 1 is 1.32 bits per heavy atom. The lowest BCUT2D eigenvalue weighted by atomic mass is 10.1. The third kappa shape index (κ3) is 3.46. The Kier molecular flexibility index (Phi) is 4.78. The first-order chi connectivity index (χ1) is 13.5. The SMILES string of the molecule is CCOc1cc2nc(C3CC3)c(F)n2cc1CC(=O)c1cccc(C(F)F)n1. The van der Waals surface area contributed by atoms with E-state index in [1.165, 1.54) is 28.8 Å². The molecule has 0 radical (unpaired) electrons. The first-order valence-electron chi connectivity index (χ1n) is 9.09. The van der Waals surface area contributed by atoms with Crippen molar-refractivity contribution < 1.29 is 22.7 Å². The van der Waals surface area contributed by atoms with Gasteiger partial charge in [-0.25, -0.2) is 18.7 Å². The smallest absolute Gasteiger partial charge is 0.280 e. The van der Waals surface area contributed by atoms with Gasteiger partial charge in [0.2, 0.25) is 5.95 Å². The van der Waals surface area contributed by atoms with Gasteiger partial charge in [-0.2, -0.15) is 4.39 Å². The second kappa shape index (κ2) is 7.26. The molecular weight excluding hydrogens is 371 g/mol. The van der Waals surface area contributed by atoms with Crippen molar-refractivity contribution in [2.75, 3.05) is 6.61 Å². The molecule has 3 aromatic heterocycles. The zero-order chi connectivity index (χ0) is 19.8. The molecule has 3 heterocycles. The molecule has 0 aliphatic heterocycles. The average Bonchev–Trinajstić information content (AvgIpc) is 3.47. The quantitative estimate of drug-likeness (QED) is 0.558. The summed E-state index contributed by atoms with van der Waals surface area (Å²) in [7, 11) is 0. The molecule has 5 nitrogen and oxygen atoms in total. The van der Waals surface area contributed by atoms with E-state index in [2.05, 4.69) is 9.97 Å². The molecule has 4 rings (SSSR count). The zero-order valence-electron chi connectivity index (χ0n) is 15.2.